The lowest BCUT2D eigenvalue weighted by atomic mass is 9.99. The van der Waals surface area contributed by atoms with Crippen LogP contribution in [0, 0.1) is 6.92 Å². The van der Waals surface area contributed by atoms with Gasteiger partial charge in [0.15, 0.2) is 5.76 Å². The van der Waals surface area contributed by atoms with Crippen LogP contribution in [-0.4, -0.2) is 16.9 Å². The average molecular weight is 321 g/mol. The van der Waals surface area contributed by atoms with E-state index in [-0.39, 0.29) is 5.75 Å². The number of aryl methyl sites for hydroxylation is 1. The van der Waals surface area contributed by atoms with Crippen LogP contribution < -0.4 is 4.74 Å². The Morgan fingerprint density at radius 2 is 1.96 bits per heavy atom. The average Bonchev–Trinajstić information content (AvgIpc) is 2.95. The molecular formula is C20H19NO3. The summed E-state index contributed by atoms with van der Waals surface area (Å²) in [5, 5.41) is 14.5. The third-order valence-electron chi connectivity index (χ3n) is 3.62. The summed E-state index contributed by atoms with van der Waals surface area (Å²) >= 11 is 0. The van der Waals surface area contributed by atoms with Gasteiger partial charge in [0.25, 0.3) is 0 Å². The van der Waals surface area contributed by atoms with Crippen molar-refractivity contribution in [2.24, 2.45) is 0 Å². The van der Waals surface area contributed by atoms with Gasteiger partial charge >= 0.3 is 0 Å². The Morgan fingerprint density at radius 3 is 2.62 bits per heavy atom. The van der Waals surface area contributed by atoms with E-state index in [1.165, 1.54) is 0 Å². The molecule has 0 radical (unpaired) electrons. The number of aromatic hydroxyl groups is 1. The van der Waals surface area contributed by atoms with Gasteiger partial charge in [-0.25, -0.2) is 0 Å². The van der Waals surface area contributed by atoms with Gasteiger partial charge in [-0.05, 0) is 37.1 Å². The van der Waals surface area contributed by atoms with Crippen LogP contribution in [-0.2, 0) is 0 Å². The third-order valence-corrected chi connectivity index (χ3v) is 3.62. The summed E-state index contributed by atoms with van der Waals surface area (Å²) in [7, 11) is 0. The second-order valence-electron chi connectivity index (χ2n) is 5.76. The van der Waals surface area contributed by atoms with E-state index in [9.17, 15) is 5.11 Å². The molecule has 1 aromatic heterocycles. The van der Waals surface area contributed by atoms with Crippen molar-refractivity contribution in [3.05, 3.63) is 66.4 Å². The molecule has 0 atom stereocenters. The van der Waals surface area contributed by atoms with E-state index in [0.29, 0.717) is 23.7 Å². The molecule has 0 fully saturated rings. The van der Waals surface area contributed by atoms with E-state index in [4.69, 9.17) is 9.26 Å². The number of hydrogen-bond donors (Lipinski definition) is 1. The van der Waals surface area contributed by atoms with Gasteiger partial charge in [-0.1, -0.05) is 42.1 Å². The number of hydrogen-bond acceptors (Lipinski definition) is 4. The summed E-state index contributed by atoms with van der Waals surface area (Å²) < 4.78 is 11.0. The van der Waals surface area contributed by atoms with Crippen LogP contribution in [0.1, 0.15) is 12.6 Å². The second kappa shape index (κ2) is 6.62. The molecule has 0 spiro atoms. The molecule has 4 heteroatoms. The maximum absolute atomic E-state index is 10.4. The van der Waals surface area contributed by atoms with Crippen LogP contribution in [0.3, 0.4) is 0 Å². The number of benzene rings is 2. The Balaban J connectivity index is 2.00. The Hall–Kier alpha value is -3.01. The maximum Gasteiger partial charge on any atom is 0.178 e. The predicted octanol–water partition coefficient (Wildman–Crippen LogP) is 4.98. The van der Waals surface area contributed by atoms with Crippen LogP contribution in [0.15, 0.2) is 65.2 Å². The zero-order valence-electron chi connectivity index (χ0n) is 13.7. The molecule has 0 saturated heterocycles. The number of nitrogens with zero attached hydrogens (tertiary/aromatic N) is 1. The summed E-state index contributed by atoms with van der Waals surface area (Å²) in [6.07, 6.45) is 0. The van der Waals surface area contributed by atoms with Crippen molar-refractivity contribution in [2.75, 3.05) is 6.61 Å². The molecule has 4 nitrogen and oxygen atoms in total. The van der Waals surface area contributed by atoms with Crippen LogP contribution >= 0.6 is 0 Å². The lowest BCUT2D eigenvalue weighted by molar-refractivity contribution is 0.349. The highest BCUT2D eigenvalue weighted by atomic mass is 16.5. The number of rotatable bonds is 5. The summed E-state index contributed by atoms with van der Waals surface area (Å²) in [5.74, 6) is 1.21. The monoisotopic (exact) mass is 321 g/mol. The van der Waals surface area contributed by atoms with Crippen LogP contribution in [0.5, 0.6) is 11.5 Å². The van der Waals surface area contributed by atoms with Crippen molar-refractivity contribution in [2.45, 2.75) is 13.8 Å². The van der Waals surface area contributed by atoms with Crippen LogP contribution in [0.25, 0.3) is 22.5 Å². The smallest absolute Gasteiger partial charge is 0.178 e. The van der Waals surface area contributed by atoms with Gasteiger partial charge in [-0.2, -0.15) is 0 Å². The molecule has 1 N–H and O–H groups in total. The topological polar surface area (TPSA) is 55.5 Å². The highest BCUT2D eigenvalue weighted by molar-refractivity contribution is 5.83. The molecule has 24 heavy (non-hydrogen) atoms. The number of phenolic OH excluding ortho intramolecular Hbond substituents is 1. The molecule has 3 aromatic rings. The van der Waals surface area contributed by atoms with E-state index in [1.807, 2.05) is 44.2 Å². The van der Waals surface area contributed by atoms with Gasteiger partial charge in [0.1, 0.15) is 18.1 Å². The SMILES string of the molecule is C=C(C)COc1ccc(-c2onc(C)c2-c2ccccc2)c(O)c1. The largest absolute Gasteiger partial charge is 0.507 e. The number of ether oxygens (including phenoxy) is 1. The summed E-state index contributed by atoms with van der Waals surface area (Å²) in [6.45, 7) is 7.98. The summed E-state index contributed by atoms with van der Waals surface area (Å²) in [6, 6.07) is 15.0. The van der Waals surface area contributed by atoms with E-state index < -0.39 is 0 Å². The minimum absolute atomic E-state index is 0.0857. The molecular weight excluding hydrogens is 302 g/mol. The zero-order valence-corrected chi connectivity index (χ0v) is 13.7. The van der Waals surface area contributed by atoms with Gasteiger partial charge < -0.3 is 14.4 Å². The van der Waals surface area contributed by atoms with Crippen molar-refractivity contribution < 1.29 is 14.4 Å². The first-order chi connectivity index (χ1) is 11.6. The Kier molecular flexibility index (Phi) is 4.38. The number of aromatic nitrogens is 1. The molecule has 122 valence electrons. The fourth-order valence-corrected chi connectivity index (χ4v) is 2.50. The van der Waals surface area contributed by atoms with Gasteiger partial charge in [0.2, 0.25) is 0 Å². The van der Waals surface area contributed by atoms with E-state index in [1.54, 1.807) is 18.2 Å². The van der Waals surface area contributed by atoms with Crippen molar-refractivity contribution in [1.82, 2.24) is 5.16 Å². The molecule has 0 bridgehead atoms. The second-order valence-corrected chi connectivity index (χ2v) is 5.76. The molecule has 0 unspecified atom stereocenters. The highest BCUT2D eigenvalue weighted by Crippen LogP contribution is 2.40. The molecule has 0 saturated carbocycles. The van der Waals surface area contributed by atoms with Gasteiger partial charge in [0.05, 0.1) is 16.8 Å². The predicted molar refractivity (Wildman–Crippen MR) is 94.1 cm³/mol. The molecule has 1 heterocycles. The molecule has 0 aliphatic carbocycles. The van der Waals surface area contributed by atoms with Crippen molar-refractivity contribution in [3.8, 4) is 33.9 Å². The molecule has 3 rings (SSSR count). The molecule has 2 aromatic carbocycles. The van der Waals surface area contributed by atoms with Crippen LogP contribution in [0.2, 0.25) is 0 Å². The Bertz CT molecular complexity index is 866. The minimum atomic E-state index is 0.0857. The number of phenols is 1. The molecule has 0 aliphatic heterocycles. The Labute approximate surface area is 141 Å². The fourth-order valence-electron chi connectivity index (χ4n) is 2.50. The molecule has 0 amide bonds. The van der Waals surface area contributed by atoms with Crippen molar-refractivity contribution in [3.63, 3.8) is 0 Å². The quantitative estimate of drug-likeness (QED) is 0.674. The summed E-state index contributed by atoms with van der Waals surface area (Å²) in [4.78, 5) is 0. The first-order valence-electron chi connectivity index (χ1n) is 7.68. The minimum Gasteiger partial charge on any atom is -0.507 e. The van der Waals surface area contributed by atoms with E-state index in [2.05, 4.69) is 11.7 Å². The van der Waals surface area contributed by atoms with Gasteiger partial charge in [-0.3, -0.25) is 0 Å². The lowest BCUT2D eigenvalue weighted by Crippen LogP contribution is -1.97. The van der Waals surface area contributed by atoms with Gasteiger partial charge in [0, 0.05) is 6.07 Å². The van der Waals surface area contributed by atoms with Crippen molar-refractivity contribution >= 4 is 0 Å². The summed E-state index contributed by atoms with van der Waals surface area (Å²) in [5.41, 5.74) is 4.14. The normalized spacial score (nSPS) is 10.6. The highest BCUT2D eigenvalue weighted by Gasteiger charge is 2.19. The van der Waals surface area contributed by atoms with E-state index in [0.717, 1.165) is 22.4 Å². The molecule has 0 aliphatic rings. The van der Waals surface area contributed by atoms with E-state index >= 15 is 0 Å². The first-order valence-corrected chi connectivity index (χ1v) is 7.68. The van der Waals surface area contributed by atoms with Gasteiger partial charge in [-0.15, -0.1) is 0 Å². The fraction of sp³-hybridized carbons (Fsp3) is 0.150. The standard InChI is InChI=1S/C20H19NO3/c1-13(2)12-23-16-9-10-17(18(22)11-16)20-19(14(3)21-24-20)15-7-5-4-6-8-15/h4-11,22H,1,12H2,2-3H3. The Morgan fingerprint density at radius 1 is 1.21 bits per heavy atom. The third kappa shape index (κ3) is 3.18. The first kappa shape index (κ1) is 15.9. The lowest BCUT2D eigenvalue weighted by Gasteiger charge is -2.09. The maximum atomic E-state index is 10.4. The van der Waals surface area contributed by atoms with Crippen LogP contribution in [0.4, 0.5) is 0 Å². The zero-order chi connectivity index (χ0) is 17.1. The van der Waals surface area contributed by atoms with Crippen molar-refractivity contribution in [1.29, 1.82) is 0 Å².